The lowest BCUT2D eigenvalue weighted by molar-refractivity contribution is -0.502. The summed E-state index contributed by atoms with van der Waals surface area (Å²) in [4.78, 5) is 25.4. The highest BCUT2D eigenvalue weighted by Gasteiger charge is 2.73. The van der Waals surface area contributed by atoms with Gasteiger partial charge < -0.3 is 84.7 Å². The largest absolute Gasteiger partial charge is 0.394 e. The van der Waals surface area contributed by atoms with Crippen molar-refractivity contribution in [3.8, 4) is 0 Å². The summed E-state index contributed by atoms with van der Waals surface area (Å²) in [7, 11) is 0. The molecule has 0 aromatic heterocycles. The van der Waals surface area contributed by atoms with Gasteiger partial charge in [0.25, 0.3) is 0 Å². The molecular weight excluding hydrogens is 856 g/mol. The fourth-order valence-electron chi connectivity index (χ4n) is 13.8. The average Bonchev–Trinajstić information content (AvgIpc) is 3.65. The zero-order valence-electron chi connectivity index (χ0n) is 38.7. The number of aldehydes is 1. The zero-order chi connectivity index (χ0) is 47.8. The number of hydrogen-bond acceptors (Lipinski definition) is 19. The highest BCUT2D eigenvalue weighted by molar-refractivity contribution is 5.62. The third-order valence-electron chi connectivity index (χ3n) is 17.7. The highest BCUT2D eigenvalue weighted by Crippen LogP contribution is 2.75. The van der Waals surface area contributed by atoms with Crippen molar-refractivity contribution in [2.75, 3.05) is 13.2 Å². The molecule has 0 unspecified atom stereocenters. The van der Waals surface area contributed by atoms with E-state index in [-0.39, 0.29) is 31.3 Å². The first-order valence-electron chi connectivity index (χ1n) is 23.6. The molecule has 0 spiro atoms. The summed E-state index contributed by atoms with van der Waals surface area (Å²) >= 11 is 0. The number of hydrogen-bond donors (Lipinski definition) is 11. The van der Waals surface area contributed by atoms with E-state index in [1.165, 1.54) is 6.92 Å². The van der Waals surface area contributed by atoms with Gasteiger partial charge >= 0.3 is 0 Å². The molecule has 4 aliphatic carbocycles. The third-order valence-corrected chi connectivity index (χ3v) is 17.7. The van der Waals surface area contributed by atoms with E-state index in [4.69, 9.17) is 33.5 Å². The Morgan fingerprint density at radius 1 is 0.738 bits per heavy atom. The summed E-state index contributed by atoms with van der Waals surface area (Å²) in [5, 5.41) is 119. The predicted molar refractivity (Wildman–Crippen MR) is 224 cm³/mol. The smallest absolute Gasteiger partial charge is 0.220 e. The van der Waals surface area contributed by atoms with Gasteiger partial charge in [0, 0.05) is 17.8 Å². The minimum Gasteiger partial charge on any atom is -0.394 e. The number of carbonyl (C=O) groups excluding carboxylic acids is 1. The second kappa shape index (κ2) is 19.1. The van der Waals surface area contributed by atoms with E-state index in [9.17, 15) is 61.0 Å². The first kappa shape index (κ1) is 51.5. The van der Waals surface area contributed by atoms with Gasteiger partial charge in [-0.15, -0.1) is 0 Å². The number of ether oxygens (including phenoxy) is 5. The SMILES string of the molecule is CC(C)=CCC[C@@](O)(OO[C@@H]1O[C@H](CO)[C@@H](O)[C@H](O)[C@H]1O)[C@H]1CC[C@]2(C)[C@@H]1[C@H](O)C[C@@H]1[C@@]3(C=O)CC[C@H](O[C@@H]4OC[C@H](O)[C@H](O)[C@H]4O[C@@H]4O[C@@H](C)[C@H](O)[C@@H](O)[C@H]4O)C(C)(C)[C@@H]3CC[C@]12C. The van der Waals surface area contributed by atoms with E-state index in [0.29, 0.717) is 44.9 Å². The maximum atomic E-state index is 13.9. The van der Waals surface area contributed by atoms with E-state index in [2.05, 4.69) is 13.8 Å². The zero-order valence-corrected chi connectivity index (χ0v) is 38.7. The van der Waals surface area contributed by atoms with Crippen LogP contribution in [-0.4, -0.2) is 180 Å². The Morgan fingerprint density at radius 2 is 1.40 bits per heavy atom. The molecule has 3 aliphatic heterocycles. The van der Waals surface area contributed by atoms with E-state index < -0.39 is 144 Å². The number of fused-ring (bicyclic) bond motifs is 5. The maximum Gasteiger partial charge on any atom is 0.220 e. The molecule has 65 heavy (non-hydrogen) atoms. The van der Waals surface area contributed by atoms with Crippen LogP contribution in [0.4, 0.5) is 0 Å². The fourth-order valence-corrected chi connectivity index (χ4v) is 13.8. The molecule has 11 N–H and O–H groups in total. The van der Waals surface area contributed by atoms with Crippen LogP contribution in [0.15, 0.2) is 11.6 Å². The summed E-state index contributed by atoms with van der Waals surface area (Å²) in [6.45, 7) is 12.8. The second-order valence-electron chi connectivity index (χ2n) is 21.8. The minimum absolute atomic E-state index is 0.0424. The number of carbonyl (C=O) groups is 1. The normalized spacial score (nSPS) is 51.8. The van der Waals surface area contributed by atoms with Crippen LogP contribution in [0.3, 0.4) is 0 Å². The van der Waals surface area contributed by atoms with Gasteiger partial charge in [-0.2, -0.15) is 9.78 Å². The number of rotatable bonds is 13. The lowest BCUT2D eigenvalue weighted by Gasteiger charge is -2.70. The molecule has 19 nitrogen and oxygen atoms in total. The summed E-state index contributed by atoms with van der Waals surface area (Å²) in [6.07, 6.45) is -15.4. The molecule has 0 aromatic carbocycles. The molecule has 374 valence electrons. The Hall–Kier alpha value is -1.31. The van der Waals surface area contributed by atoms with E-state index in [1.54, 1.807) is 0 Å². The quantitative estimate of drug-likeness (QED) is 0.0282. The van der Waals surface area contributed by atoms with Crippen LogP contribution in [0.25, 0.3) is 0 Å². The van der Waals surface area contributed by atoms with Gasteiger partial charge in [-0.05, 0) is 106 Å². The average molecular weight is 933 g/mol. The molecule has 3 heterocycles. The van der Waals surface area contributed by atoms with Crippen molar-refractivity contribution in [2.45, 2.75) is 210 Å². The maximum absolute atomic E-state index is 13.9. The summed E-state index contributed by atoms with van der Waals surface area (Å²) in [5.74, 6) is -3.74. The van der Waals surface area contributed by atoms with E-state index >= 15 is 0 Å². The van der Waals surface area contributed by atoms with Crippen LogP contribution in [0.2, 0.25) is 0 Å². The molecule has 0 bridgehead atoms. The second-order valence-corrected chi connectivity index (χ2v) is 21.8. The highest BCUT2D eigenvalue weighted by atomic mass is 17.2. The van der Waals surface area contributed by atoms with Gasteiger partial charge in [0.05, 0.1) is 31.5 Å². The van der Waals surface area contributed by atoms with Crippen LogP contribution in [-0.2, 0) is 38.3 Å². The van der Waals surface area contributed by atoms with Gasteiger partial charge in [0.1, 0.15) is 67.3 Å². The Balaban J connectivity index is 1.12. The van der Waals surface area contributed by atoms with Crippen LogP contribution < -0.4 is 0 Å². The van der Waals surface area contributed by atoms with Crippen LogP contribution in [0.1, 0.15) is 106 Å². The first-order chi connectivity index (χ1) is 30.4. The minimum atomic E-state index is -2.03. The molecule has 0 radical (unpaired) electrons. The van der Waals surface area contributed by atoms with Crippen molar-refractivity contribution in [2.24, 2.45) is 45.3 Å². The molecule has 3 saturated heterocycles. The molecule has 0 amide bonds. The van der Waals surface area contributed by atoms with Gasteiger partial charge in [0.2, 0.25) is 12.1 Å². The topological polar surface area (TPSA) is 304 Å². The van der Waals surface area contributed by atoms with Gasteiger partial charge in [-0.25, -0.2) is 0 Å². The van der Waals surface area contributed by atoms with Gasteiger partial charge in [-0.1, -0.05) is 39.3 Å². The molecule has 0 aromatic rings. The van der Waals surface area contributed by atoms with Crippen molar-refractivity contribution in [3.05, 3.63) is 11.6 Å². The third kappa shape index (κ3) is 8.72. The van der Waals surface area contributed by atoms with E-state index in [1.807, 2.05) is 33.8 Å². The molecule has 19 heteroatoms. The number of allylic oxidation sites excluding steroid dienone is 2. The summed E-state index contributed by atoms with van der Waals surface area (Å²) in [5.41, 5.74) is -1.69. The van der Waals surface area contributed by atoms with Crippen molar-refractivity contribution in [3.63, 3.8) is 0 Å². The van der Waals surface area contributed by atoms with Gasteiger partial charge in [0.15, 0.2) is 12.6 Å². The summed E-state index contributed by atoms with van der Waals surface area (Å²) < 4.78 is 29.8. The predicted octanol–water partition coefficient (Wildman–Crippen LogP) is -0.320. The lowest BCUT2D eigenvalue weighted by atomic mass is 9.35. The van der Waals surface area contributed by atoms with Crippen molar-refractivity contribution < 1.29 is 94.4 Å². The molecule has 4 saturated carbocycles. The Kier molecular flexibility index (Phi) is 15.2. The molecular formula is C46H76O19. The van der Waals surface area contributed by atoms with Crippen molar-refractivity contribution >= 4 is 6.29 Å². The number of aliphatic hydroxyl groups is 11. The Morgan fingerprint density at radius 3 is 2.06 bits per heavy atom. The van der Waals surface area contributed by atoms with Gasteiger partial charge in [-0.3, -0.25) is 0 Å². The lowest BCUT2D eigenvalue weighted by Crippen LogP contribution is -2.68. The van der Waals surface area contributed by atoms with E-state index in [0.717, 1.165) is 11.9 Å². The van der Waals surface area contributed by atoms with Crippen LogP contribution in [0, 0.1) is 45.3 Å². The fraction of sp³-hybridized carbons (Fsp3) is 0.935. The summed E-state index contributed by atoms with van der Waals surface area (Å²) in [6, 6.07) is 0. The van der Waals surface area contributed by atoms with Crippen LogP contribution in [0.5, 0.6) is 0 Å². The molecule has 7 rings (SSSR count). The Labute approximate surface area is 380 Å². The molecule has 7 aliphatic rings. The van der Waals surface area contributed by atoms with Crippen molar-refractivity contribution in [1.82, 2.24) is 0 Å². The first-order valence-corrected chi connectivity index (χ1v) is 23.6. The number of aliphatic hydroxyl groups excluding tert-OH is 10. The molecule has 24 atom stereocenters. The Bertz CT molecular complexity index is 1680. The van der Waals surface area contributed by atoms with Crippen molar-refractivity contribution in [1.29, 1.82) is 0 Å². The molecule has 7 fully saturated rings. The monoisotopic (exact) mass is 932 g/mol. The van der Waals surface area contributed by atoms with Crippen LogP contribution >= 0.6 is 0 Å². The standard InChI is InChI=1S/C46H76O19/c1-21(2)9-8-13-46(58,65-64-40-37(57)35(55)33(53)26(18-47)61-40)23-10-14-44(7)30(23)24(49)17-28-43(44,6)15-11-27-42(4,5)29(12-16-45(27,28)20-48)62-41-38(32(52)25(50)19-59-41)63-39-36(56)34(54)31(51)22(3)60-39/h9,20,22-41,47,49-58H,8,10-19H2,1-7H3/t22-,23-,24+,25-,26+,27-,28-,29-,30-,31-,32-,33+,34+,35-,36+,37+,38+,39-,40-,41-,43+,44+,45+,46+/m0/s1.